The molecular formula is C21H34ClN3O3. The van der Waals surface area contributed by atoms with Crippen molar-refractivity contribution in [1.29, 1.82) is 0 Å². The second-order valence-corrected chi connectivity index (χ2v) is 9.88. The molecule has 2 heterocycles. The van der Waals surface area contributed by atoms with Gasteiger partial charge in [-0.25, -0.2) is 0 Å². The van der Waals surface area contributed by atoms with Gasteiger partial charge < -0.3 is 20.3 Å². The van der Waals surface area contributed by atoms with Gasteiger partial charge in [0.2, 0.25) is 5.91 Å². The number of nitrogens with two attached hydrogens (primary N) is 1. The Morgan fingerprint density at radius 3 is 1.93 bits per heavy atom. The van der Waals surface area contributed by atoms with Crippen molar-refractivity contribution in [3.8, 4) is 0 Å². The van der Waals surface area contributed by atoms with Gasteiger partial charge in [-0.05, 0) is 69.1 Å². The Labute approximate surface area is 173 Å². The van der Waals surface area contributed by atoms with Gasteiger partial charge in [0.1, 0.15) is 6.10 Å². The summed E-state index contributed by atoms with van der Waals surface area (Å²) in [4.78, 5) is 30.1. The van der Waals surface area contributed by atoms with Crippen LogP contribution in [-0.4, -0.2) is 66.5 Å². The first-order valence-electron chi connectivity index (χ1n) is 11.0. The number of nitrogens with zero attached hydrogens (tertiary/aromatic N) is 2. The molecule has 0 spiro atoms. The molecule has 158 valence electrons. The molecule has 6 rings (SSSR count). The smallest absolute Gasteiger partial charge is 0.251 e. The van der Waals surface area contributed by atoms with E-state index in [9.17, 15) is 9.59 Å². The summed E-state index contributed by atoms with van der Waals surface area (Å²) < 4.78 is 5.77. The third-order valence-electron chi connectivity index (χ3n) is 8.02. The lowest BCUT2D eigenvalue weighted by Gasteiger charge is -2.57. The molecule has 2 aliphatic heterocycles. The average molecular weight is 412 g/mol. The lowest BCUT2D eigenvalue weighted by atomic mass is 9.49. The van der Waals surface area contributed by atoms with Crippen molar-refractivity contribution in [2.75, 3.05) is 32.7 Å². The molecule has 28 heavy (non-hydrogen) atoms. The summed E-state index contributed by atoms with van der Waals surface area (Å²) in [5.74, 6) is 2.86. The fourth-order valence-corrected chi connectivity index (χ4v) is 7.10. The summed E-state index contributed by atoms with van der Waals surface area (Å²) in [7, 11) is 0. The molecule has 0 aromatic rings. The van der Waals surface area contributed by atoms with Crippen molar-refractivity contribution in [3.05, 3.63) is 0 Å². The number of piperazine rings is 1. The van der Waals surface area contributed by atoms with Crippen LogP contribution in [0, 0.1) is 23.2 Å². The summed E-state index contributed by atoms with van der Waals surface area (Å²) in [6.45, 7) is 3.13. The highest BCUT2D eigenvalue weighted by Gasteiger charge is 2.55. The molecule has 4 aliphatic carbocycles. The van der Waals surface area contributed by atoms with Crippen LogP contribution in [-0.2, 0) is 14.3 Å². The maximum absolute atomic E-state index is 13.5. The second-order valence-electron chi connectivity index (χ2n) is 9.88. The molecule has 4 saturated carbocycles. The van der Waals surface area contributed by atoms with Crippen LogP contribution >= 0.6 is 12.4 Å². The van der Waals surface area contributed by atoms with Crippen molar-refractivity contribution in [2.45, 2.75) is 63.6 Å². The summed E-state index contributed by atoms with van der Waals surface area (Å²) in [5.41, 5.74) is 5.59. The normalized spacial score (nSPS) is 41.8. The zero-order valence-electron chi connectivity index (χ0n) is 16.7. The Bertz CT molecular complexity index is 585. The average Bonchev–Trinajstić information content (AvgIpc) is 3.15. The predicted molar refractivity (Wildman–Crippen MR) is 108 cm³/mol. The van der Waals surface area contributed by atoms with E-state index in [1.165, 1.54) is 19.3 Å². The zero-order valence-corrected chi connectivity index (χ0v) is 17.5. The summed E-state index contributed by atoms with van der Waals surface area (Å²) >= 11 is 0. The zero-order chi connectivity index (χ0) is 18.6. The van der Waals surface area contributed by atoms with E-state index in [0.717, 1.165) is 49.9 Å². The van der Waals surface area contributed by atoms with Gasteiger partial charge in [0.25, 0.3) is 5.91 Å². The number of ether oxygens (including phenoxy) is 1. The molecule has 6 nitrogen and oxygen atoms in total. The third kappa shape index (κ3) is 3.46. The summed E-state index contributed by atoms with van der Waals surface area (Å²) in [6, 6.07) is 0. The number of rotatable bonds is 3. The maximum atomic E-state index is 13.5. The van der Waals surface area contributed by atoms with Crippen molar-refractivity contribution < 1.29 is 14.3 Å². The highest BCUT2D eigenvalue weighted by Crippen LogP contribution is 2.60. The van der Waals surface area contributed by atoms with Crippen LogP contribution in [0.25, 0.3) is 0 Å². The maximum Gasteiger partial charge on any atom is 0.251 e. The number of hydrogen-bond donors (Lipinski definition) is 1. The molecule has 0 unspecified atom stereocenters. The van der Waals surface area contributed by atoms with Crippen LogP contribution in [0.2, 0.25) is 0 Å². The quantitative estimate of drug-likeness (QED) is 0.768. The molecule has 7 heteroatoms. The molecular weight excluding hydrogens is 378 g/mol. The number of amides is 2. The van der Waals surface area contributed by atoms with Crippen LogP contribution in [0.5, 0.6) is 0 Å². The van der Waals surface area contributed by atoms with E-state index >= 15 is 0 Å². The van der Waals surface area contributed by atoms with Crippen LogP contribution in [0.4, 0.5) is 0 Å². The lowest BCUT2D eigenvalue weighted by molar-refractivity contribution is -0.161. The SMILES string of the molecule is Cl.NC[C@H]1CC[C@@H](C(=O)N2CCN(C(=O)C34CC5CC(CC(C5)C3)C4)CC2)O1. The van der Waals surface area contributed by atoms with E-state index in [1.807, 2.05) is 4.90 Å². The Morgan fingerprint density at radius 2 is 1.43 bits per heavy atom. The first-order valence-corrected chi connectivity index (χ1v) is 11.0. The van der Waals surface area contributed by atoms with E-state index in [4.69, 9.17) is 10.5 Å². The molecule has 0 aromatic heterocycles. The second kappa shape index (κ2) is 7.77. The van der Waals surface area contributed by atoms with Crippen molar-refractivity contribution in [3.63, 3.8) is 0 Å². The fourth-order valence-electron chi connectivity index (χ4n) is 7.10. The number of halogens is 1. The van der Waals surface area contributed by atoms with E-state index < -0.39 is 0 Å². The predicted octanol–water partition coefficient (Wildman–Crippen LogP) is 1.80. The first-order chi connectivity index (χ1) is 13.1. The van der Waals surface area contributed by atoms with Gasteiger partial charge in [-0.15, -0.1) is 12.4 Å². The van der Waals surface area contributed by atoms with Gasteiger partial charge >= 0.3 is 0 Å². The Hall–Kier alpha value is -0.850. The first kappa shape index (κ1) is 20.4. The van der Waals surface area contributed by atoms with E-state index in [2.05, 4.69) is 4.90 Å². The van der Waals surface area contributed by atoms with E-state index in [0.29, 0.717) is 38.6 Å². The highest BCUT2D eigenvalue weighted by atomic mass is 35.5. The van der Waals surface area contributed by atoms with E-state index in [-0.39, 0.29) is 35.9 Å². The fraction of sp³-hybridized carbons (Fsp3) is 0.905. The van der Waals surface area contributed by atoms with Gasteiger partial charge in [-0.2, -0.15) is 0 Å². The minimum atomic E-state index is -0.330. The largest absolute Gasteiger partial charge is 0.364 e. The molecule has 2 amide bonds. The standard InChI is InChI=1S/C21H33N3O3.ClH/c22-13-17-1-2-18(27-17)19(25)23-3-5-24(6-4-23)20(26)21-10-14-7-15(11-21)9-16(8-14)12-21;/h14-18H,1-13,22H2;1H/t14?,15?,16?,17-,18+,21?;/m1./s1. The monoisotopic (exact) mass is 411 g/mol. The van der Waals surface area contributed by atoms with Gasteiger partial charge in [-0.1, -0.05) is 0 Å². The van der Waals surface area contributed by atoms with Gasteiger partial charge in [0, 0.05) is 32.7 Å². The summed E-state index contributed by atoms with van der Waals surface area (Å²) in [6.07, 6.45) is 8.78. The van der Waals surface area contributed by atoms with Gasteiger partial charge in [-0.3, -0.25) is 9.59 Å². The molecule has 2 N–H and O–H groups in total. The molecule has 0 aromatic carbocycles. The molecule has 4 bridgehead atoms. The summed E-state index contributed by atoms with van der Waals surface area (Å²) in [5, 5.41) is 0. The Balaban J connectivity index is 0.00000192. The van der Waals surface area contributed by atoms with Crippen molar-refractivity contribution in [2.24, 2.45) is 28.9 Å². The van der Waals surface area contributed by atoms with Crippen molar-refractivity contribution >= 4 is 24.2 Å². The molecule has 2 saturated heterocycles. The van der Waals surface area contributed by atoms with Crippen molar-refractivity contribution in [1.82, 2.24) is 9.80 Å². The minimum absolute atomic E-state index is 0. The molecule has 6 fully saturated rings. The number of carbonyl (C=O) groups is 2. The van der Waals surface area contributed by atoms with Crippen LogP contribution < -0.4 is 5.73 Å². The van der Waals surface area contributed by atoms with Crippen LogP contribution in [0.15, 0.2) is 0 Å². The highest BCUT2D eigenvalue weighted by molar-refractivity contribution is 5.85. The molecule has 0 radical (unpaired) electrons. The molecule has 2 atom stereocenters. The topological polar surface area (TPSA) is 75.9 Å². The minimum Gasteiger partial charge on any atom is -0.364 e. The third-order valence-corrected chi connectivity index (χ3v) is 8.02. The Kier molecular flexibility index (Phi) is 5.66. The van der Waals surface area contributed by atoms with Gasteiger partial charge in [0.15, 0.2) is 0 Å². The van der Waals surface area contributed by atoms with E-state index in [1.54, 1.807) is 0 Å². The number of hydrogen-bond acceptors (Lipinski definition) is 4. The Morgan fingerprint density at radius 1 is 0.893 bits per heavy atom. The van der Waals surface area contributed by atoms with Crippen LogP contribution in [0.3, 0.4) is 0 Å². The molecule has 6 aliphatic rings. The number of carbonyl (C=O) groups excluding carboxylic acids is 2. The van der Waals surface area contributed by atoms with Gasteiger partial charge in [0.05, 0.1) is 11.5 Å². The lowest BCUT2D eigenvalue weighted by Crippen LogP contribution is -2.59. The van der Waals surface area contributed by atoms with Crippen LogP contribution in [0.1, 0.15) is 51.4 Å².